The van der Waals surface area contributed by atoms with Gasteiger partial charge in [0.1, 0.15) is 5.84 Å². The first kappa shape index (κ1) is 6.77. The van der Waals surface area contributed by atoms with Crippen molar-refractivity contribution in [1.29, 1.82) is 0 Å². The monoisotopic (exact) mass is 189 g/mol. The topological polar surface area (TPSA) is 64.4 Å². The van der Waals surface area contributed by atoms with Crippen LogP contribution in [0.4, 0.5) is 0 Å². The Hall–Kier alpha value is -0.350. The maximum Gasteiger partial charge on any atom is 0.102 e. The third-order valence-corrected chi connectivity index (χ3v) is 1.59. The lowest BCUT2D eigenvalue weighted by atomic mass is 10.2. The van der Waals surface area contributed by atoms with E-state index in [-0.39, 0.29) is 0 Å². The molecule has 1 aliphatic heterocycles. The summed E-state index contributed by atoms with van der Waals surface area (Å²) in [6.45, 7) is 0. The molecule has 1 aliphatic rings. The van der Waals surface area contributed by atoms with E-state index in [0.29, 0.717) is 12.3 Å². The molecule has 0 aromatic carbocycles. The van der Waals surface area contributed by atoms with Gasteiger partial charge in [0.25, 0.3) is 0 Å². The number of nitrogens with zero attached hydrogens (tertiary/aromatic N) is 1. The van der Waals surface area contributed by atoms with Crippen molar-refractivity contribution in [2.75, 3.05) is 0 Å². The molecule has 0 saturated carbocycles. The van der Waals surface area contributed by atoms with Crippen LogP contribution in [0.25, 0.3) is 0 Å². The van der Waals surface area contributed by atoms with Gasteiger partial charge in [-0.15, -0.1) is 0 Å². The molecule has 0 amide bonds. The molecule has 0 spiro atoms. The van der Waals surface area contributed by atoms with Crippen LogP contribution in [0.15, 0.2) is 17.3 Å². The third-order valence-electron chi connectivity index (χ3n) is 1.04. The van der Waals surface area contributed by atoms with Gasteiger partial charge in [-0.25, -0.2) is 4.99 Å². The summed E-state index contributed by atoms with van der Waals surface area (Å²) < 4.78 is -0.473. The van der Waals surface area contributed by atoms with Crippen LogP contribution in [0.3, 0.4) is 0 Å². The summed E-state index contributed by atoms with van der Waals surface area (Å²) in [7, 11) is 0. The third kappa shape index (κ3) is 1.80. The number of amidine groups is 1. The normalized spacial score (nSPS) is 34.2. The van der Waals surface area contributed by atoms with Crippen LogP contribution in [0.5, 0.6) is 0 Å². The fraction of sp³-hybridized carbons (Fsp3) is 0.400. The van der Waals surface area contributed by atoms with Gasteiger partial charge in [-0.1, -0.05) is 15.9 Å². The Labute approximate surface area is 61.9 Å². The minimum absolute atomic E-state index is 0.473. The molecule has 3 nitrogen and oxygen atoms in total. The molecule has 9 heavy (non-hydrogen) atoms. The van der Waals surface area contributed by atoms with E-state index >= 15 is 0 Å². The van der Waals surface area contributed by atoms with Gasteiger partial charge in [0, 0.05) is 12.6 Å². The summed E-state index contributed by atoms with van der Waals surface area (Å²) in [6, 6.07) is 0. The lowest BCUT2D eigenvalue weighted by molar-refractivity contribution is 0.788. The highest BCUT2D eigenvalue weighted by molar-refractivity contribution is 9.10. The summed E-state index contributed by atoms with van der Waals surface area (Å²) >= 11 is 3.26. The number of hydrogen-bond acceptors (Lipinski definition) is 3. The molecule has 0 aromatic heterocycles. The molecule has 1 unspecified atom stereocenters. The second-order valence-electron chi connectivity index (χ2n) is 2.04. The predicted octanol–water partition coefficient (Wildman–Crippen LogP) is 0.311. The molecule has 1 heterocycles. The van der Waals surface area contributed by atoms with E-state index in [0.717, 1.165) is 0 Å². The van der Waals surface area contributed by atoms with Gasteiger partial charge in [0.15, 0.2) is 0 Å². The van der Waals surface area contributed by atoms with E-state index < -0.39 is 4.45 Å². The van der Waals surface area contributed by atoms with Crippen LogP contribution >= 0.6 is 15.9 Å². The molecule has 0 fully saturated rings. The van der Waals surface area contributed by atoms with Crippen LogP contribution in [0.1, 0.15) is 6.42 Å². The van der Waals surface area contributed by atoms with Gasteiger partial charge in [0.2, 0.25) is 0 Å². The zero-order chi connectivity index (χ0) is 6.91. The molecule has 1 atom stereocenters. The average Bonchev–Trinajstić information content (AvgIpc) is 1.60. The highest BCUT2D eigenvalue weighted by Gasteiger charge is 2.20. The van der Waals surface area contributed by atoms with E-state index in [1.54, 1.807) is 12.3 Å². The summed E-state index contributed by atoms with van der Waals surface area (Å²) in [5.74, 6) is 0.567. The zero-order valence-electron chi connectivity index (χ0n) is 4.84. The first-order valence-electron chi connectivity index (χ1n) is 2.58. The van der Waals surface area contributed by atoms with Crippen LogP contribution in [-0.4, -0.2) is 10.3 Å². The Morgan fingerprint density at radius 2 is 2.44 bits per heavy atom. The molecule has 50 valence electrons. The van der Waals surface area contributed by atoms with Gasteiger partial charge in [-0.2, -0.15) is 0 Å². The van der Waals surface area contributed by atoms with Gasteiger partial charge in [0.05, 0.1) is 4.45 Å². The van der Waals surface area contributed by atoms with Crippen molar-refractivity contribution >= 4 is 21.8 Å². The molecular formula is C5H8BrN3. The molecule has 1 rings (SSSR count). The first-order chi connectivity index (χ1) is 4.10. The number of nitrogens with two attached hydrogens (primary N) is 2. The molecule has 4 heteroatoms. The Morgan fingerprint density at radius 1 is 1.78 bits per heavy atom. The van der Waals surface area contributed by atoms with E-state index in [1.165, 1.54) is 0 Å². The van der Waals surface area contributed by atoms with Crippen molar-refractivity contribution in [3.05, 3.63) is 12.3 Å². The number of aliphatic imine (C=N–C) groups is 1. The zero-order valence-corrected chi connectivity index (χ0v) is 6.43. The van der Waals surface area contributed by atoms with Gasteiger partial charge in [-0.3, -0.25) is 0 Å². The van der Waals surface area contributed by atoms with Crippen molar-refractivity contribution in [2.24, 2.45) is 16.5 Å². The van der Waals surface area contributed by atoms with Crippen molar-refractivity contribution in [3.8, 4) is 0 Å². The Morgan fingerprint density at radius 3 is 2.78 bits per heavy atom. The van der Waals surface area contributed by atoms with Crippen molar-refractivity contribution in [2.45, 2.75) is 10.9 Å². The SMILES string of the molecule is NC1=NC=CC(N)(Br)C1. The highest BCUT2D eigenvalue weighted by Crippen LogP contribution is 2.19. The molecule has 0 radical (unpaired) electrons. The summed E-state index contributed by atoms with van der Waals surface area (Å²) in [4.78, 5) is 3.83. The number of rotatable bonds is 0. The molecule has 0 aliphatic carbocycles. The molecular weight excluding hydrogens is 182 g/mol. The quantitative estimate of drug-likeness (QED) is 0.426. The first-order valence-corrected chi connectivity index (χ1v) is 3.37. The van der Waals surface area contributed by atoms with E-state index in [1.807, 2.05) is 0 Å². The number of halogens is 1. The molecule has 0 saturated heterocycles. The Kier molecular flexibility index (Phi) is 1.59. The standard InChI is InChI=1S/C5H8BrN3/c6-5(8)1-2-9-4(7)3-5/h1-2H,3,8H2,(H2,7,9). The van der Waals surface area contributed by atoms with Crippen LogP contribution in [0, 0.1) is 0 Å². The summed E-state index contributed by atoms with van der Waals surface area (Å²) in [6.07, 6.45) is 3.94. The lowest BCUT2D eigenvalue weighted by Gasteiger charge is -2.19. The fourth-order valence-corrected chi connectivity index (χ4v) is 1.04. The Balaban J connectivity index is 2.73. The lowest BCUT2D eigenvalue weighted by Crippen LogP contribution is -2.36. The molecule has 0 aromatic rings. The van der Waals surface area contributed by atoms with E-state index in [2.05, 4.69) is 20.9 Å². The largest absolute Gasteiger partial charge is 0.387 e. The molecule has 4 N–H and O–H groups in total. The minimum atomic E-state index is -0.473. The second-order valence-corrected chi connectivity index (χ2v) is 3.52. The minimum Gasteiger partial charge on any atom is -0.387 e. The van der Waals surface area contributed by atoms with Crippen molar-refractivity contribution in [3.63, 3.8) is 0 Å². The Bertz CT molecular complexity index is 171. The van der Waals surface area contributed by atoms with Gasteiger partial charge >= 0.3 is 0 Å². The highest BCUT2D eigenvalue weighted by atomic mass is 79.9. The summed E-state index contributed by atoms with van der Waals surface area (Å²) in [5.41, 5.74) is 11.0. The van der Waals surface area contributed by atoms with Crippen molar-refractivity contribution < 1.29 is 0 Å². The summed E-state index contributed by atoms with van der Waals surface area (Å²) in [5, 5.41) is 0. The van der Waals surface area contributed by atoms with Crippen LogP contribution in [-0.2, 0) is 0 Å². The van der Waals surface area contributed by atoms with Crippen molar-refractivity contribution in [1.82, 2.24) is 0 Å². The fourth-order valence-electron chi connectivity index (χ4n) is 0.639. The van der Waals surface area contributed by atoms with E-state index in [9.17, 15) is 0 Å². The van der Waals surface area contributed by atoms with Gasteiger partial charge in [-0.05, 0) is 6.08 Å². The van der Waals surface area contributed by atoms with Gasteiger partial charge < -0.3 is 11.5 Å². The smallest absolute Gasteiger partial charge is 0.102 e. The average molecular weight is 190 g/mol. The maximum absolute atomic E-state index is 5.64. The number of alkyl halides is 1. The maximum atomic E-state index is 5.64. The van der Waals surface area contributed by atoms with E-state index in [4.69, 9.17) is 11.5 Å². The molecule has 0 bridgehead atoms. The van der Waals surface area contributed by atoms with Crippen LogP contribution in [0.2, 0.25) is 0 Å². The second kappa shape index (κ2) is 2.11. The van der Waals surface area contributed by atoms with Crippen LogP contribution < -0.4 is 11.5 Å². The number of hydrogen-bond donors (Lipinski definition) is 2. The predicted molar refractivity (Wildman–Crippen MR) is 41.2 cm³/mol.